The molecule has 2 aromatic rings. The van der Waals surface area contributed by atoms with E-state index in [2.05, 4.69) is 28.8 Å². The minimum Gasteiger partial charge on any atom is -0.497 e. The number of carbonyl (C=O) groups excluding carboxylic acids is 1. The minimum absolute atomic E-state index is 0.0509. The van der Waals surface area contributed by atoms with Gasteiger partial charge in [-0.15, -0.1) is 0 Å². The number of aromatic amines is 1. The van der Waals surface area contributed by atoms with E-state index >= 15 is 0 Å². The predicted molar refractivity (Wildman–Crippen MR) is 105 cm³/mol. The van der Waals surface area contributed by atoms with Gasteiger partial charge in [-0.25, -0.2) is 0 Å². The zero-order valence-electron chi connectivity index (χ0n) is 15.6. The van der Waals surface area contributed by atoms with Gasteiger partial charge >= 0.3 is 0 Å². The number of ether oxygens (including phenoxy) is 1. The number of methoxy groups -OCH3 is 1. The third-order valence-electron chi connectivity index (χ3n) is 4.91. The second kappa shape index (κ2) is 8.07. The summed E-state index contributed by atoms with van der Waals surface area (Å²) in [5.74, 6) is 0.954. The van der Waals surface area contributed by atoms with E-state index < -0.39 is 0 Å². The van der Waals surface area contributed by atoms with Gasteiger partial charge in [0.25, 0.3) is 5.56 Å². The number of H-pyrrole nitrogens is 1. The van der Waals surface area contributed by atoms with E-state index in [1.165, 1.54) is 6.08 Å². The first-order chi connectivity index (χ1) is 13.0. The zero-order valence-corrected chi connectivity index (χ0v) is 15.6. The average Bonchev–Trinajstić information content (AvgIpc) is 2.67. The van der Waals surface area contributed by atoms with Crippen molar-refractivity contribution in [2.45, 2.75) is 19.4 Å². The van der Waals surface area contributed by atoms with E-state index in [1.54, 1.807) is 36.5 Å². The summed E-state index contributed by atoms with van der Waals surface area (Å²) in [4.78, 5) is 32.8. The lowest BCUT2D eigenvalue weighted by Crippen LogP contribution is -2.55. The topological polar surface area (TPSA) is 87.3 Å². The molecule has 7 nitrogen and oxygen atoms in total. The largest absolute Gasteiger partial charge is 0.497 e. The van der Waals surface area contributed by atoms with Crippen LogP contribution in [0.25, 0.3) is 11.3 Å². The summed E-state index contributed by atoms with van der Waals surface area (Å²) in [6.45, 7) is 6.93. The number of amides is 1. The minimum atomic E-state index is -0.182. The Morgan fingerprint density at radius 1 is 1.52 bits per heavy atom. The van der Waals surface area contributed by atoms with Crippen LogP contribution in [0.4, 0.5) is 5.69 Å². The van der Waals surface area contributed by atoms with Crippen molar-refractivity contribution in [3.05, 3.63) is 53.6 Å². The van der Waals surface area contributed by atoms with Crippen LogP contribution in [0.1, 0.15) is 13.3 Å². The molecular formula is C20H24N4O3. The van der Waals surface area contributed by atoms with Crippen LogP contribution in [0.3, 0.4) is 0 Å². The van der Waals surface area contributed by atoms with Gasteiger partial charge in [-0.1, -0.05) is 13.5 Å². The van der Waals surface area contributed by atoms with Gasteiger partial charge in [0.15, 0.2) is 0 Å². The first-order valence-electron chi connectivity index (χ1n) is 8.96. The highest BCUT2D eigenvalue weighted by molar-refractivity contribution is 5.87. The highest BCUT2D eigenvalue weighted by Gasteiger charge is 2.34. The van der Waals surface area contributed by atoms with E-state index in [0.717, 1.165) is 12.0 Å². The first kappa shape index (κ1) is 18.7. The van der Waals surface area contributed by atoms with Crippen molar-refractivity contribution >= 4 is 11.6 Å². The molecule has 0 radical (unpaired) electrons. The van der Waals surface area contributed by atoms with Crippen LogP contribution in [-0.2, 0) is 4.79 Å². The number of aromatic nitrogens is 2. The zero-order chi connectivity index (χ0) is 19.4. The highest BCUT2D eigenvalue weighted by atomic mass is 16.5. The number of hydrogen-bond donors (Lipinski definition) is 2. The summed E-state index contributed by atoms with van der Waals surface area (Å²) in [7, 11) is 1.60. The molecule has 1 fully saturated rings. The molecule has 0 aromatic carbocycles. The Hall–Kier alpha value is -3.09. The van der Waals surface area contributed by atoms with Gasteiger partial charge < -0.3 is 19.9 Å². The van der Waals surface area contributed by atoms with E-state index in [9.17, 15) is 9.59 Å². The molecule has 2 aromatic heterocycles. The fourth-order valence-electron chi connectivity index (χ4n) is 3.26. The maximum Gasteiger partial charge on any atom is 0.271 e. The Balaban J connectivity index is 1.77. The van der Waals surface area contributed by atoms with Crippen LogP contribution in [0.15, 0.2) is 48.0 Å². The fraction of sp³-hybridized carbons (Fsp3) is 0.350. The van der Waals surface area contributed by atoms with Crippen LogP contribution >= 0.6 is 0 Å². The molecule has 27 heavy (non-hydrogen) atoms. The Morgan fingerprint density at radius 3 is 2.96 bits per heavy atom. The normalized spacial score (nSPS) is 15.0. The van der Waals surface area contributed by atoms with Crippen molar-refractivity contribution < 1.29 is 9.53 Å². The van der Waals surface area contributed by atoms with Gasteiger partial charge in [-0.2, -0.15) is 0 Å². The smallest absolute Gasteiger partial charge is 0.271 e. The molecular weight excluding hydrogens is 344 g/mol. The van der Waals surface area contributed by atoms with Crippen molar-refractivity contribution in [3.63, 3.8) is 0 Å². The number of likely N-dealkylation sites (tertiary alicyclic amines) is 1. The molecule has 1 atom stereocenters. The first-order valence-corrected chi connectivity index (χ1v) is 8.96. The number of nitrogens with zero attached hydrogens (tertiary/aromatic N) is 2. The maximum absolute atomic E-state index is 12.3. The van der Waals surface area contributed by atoms with Crippen LogP contribution in [0.2, 0.25) is 0 Å². The molecule has 2 N–H and O–H groups in total. The van der Waals surface area contributed by atoms with E-state index in [-0.39, 0.29) is 17.5 Å². The van der Waals surface area contributed by atoms with Crippen molar-refractivity contribution in [1.82, 2.24) is 14.9 Å². The Kier molecular flexibility index (Phi) is 5.59. The van der Waals surface area contributed by atoms with Crippen molar-refractivity contribution in [3.8, 4) is 17.0 Å². The lowest BCUT2D eigenvalue weighted by atomic mass is 9.89. The summed E-state index contributed by atoms with van der Waals surface area (Å²) in [6, 6.07) is 5.50. The van der Waals surface area contributed by atoms with Crippen molar-refractivity contribution in [1.29, 1.82) is 0 Å². The average molecular weight is 368 g/mol. The van der Waals surface area contributed by atoms with Gasteiger partial charge in [0.05, 0.1) is 12.8 Å². The number of rotatable bonds is 7. The summed E-state index contributed by atoms with van der Waals surface area (Å²) < 4.78 is 5.24. The van der Waals surface area contributed by atoms with Gasteiger partial charge in [0.2, 0.25) is 5.91 Å². The monoisotopic (exact) mass is 368 g/mol. The fourth-order valence-corrected chi connectivity index (χ4v) is 3.26. The van der Waals surface area contributed by atoms with Crippen LogP contribution in [-0.4, -0.2) is 47.0 Å². The third-order valence-corrected chi connectivity index (χ3v) is 4.91. The van der Waals surface area contributed by atoms with Crippen molar-refractivity contribution in [2.24, 2.45) is 5.92 Å². The van der Waals surface area contributed by atoms with E-state index in [0.29, 0.717) is 36.1 Å². The number of nitrogens with one attached hydrogen (secondary N) is 2. The van der Waals surface area contributed by atoms with Crippen LogP contribution < -0.4 is 15.6 Å². The number of carbonyl (C=O) groups is 1. The Bertz CT molecular complexity index is 887. The van der Waals surface area contributed by atoms with Crippen LogP contribution in [0.5, 0.6) is 5.75 Å². The van der Waals surface area contributed by atoms with E-state index in [1.807, 2.05) is 6.07 Å². The highest BCUT2D eigenvalue weighted by Crippen LogP contribution is 2.26. The maximum atomic E-state index is 12.3. The molecule has 0 spiro atoms. The molecule has 1 unspecified atom stereocenters. The molecule has 0 bridgehead atoms. The molecule has 1 aliphatic rings. The number of anilines is 1. The quantitative estimate of drug-likeness (QED) is 0.732. The van der Waals surface area contributed by atoms with Gasteiger partial charge in [-0.05, 0) is 24.6 Å². The lowest BCUT2D eigenvalue weighted by Gasteiger charge is -2.43. The molecule has 142 valence electrons. The lowest BCUT2D eigenvalue weighted by molar-refractivity contribution is -0.132. The summed E-state index contributed by atoms with van der Waals surface area (Å²) in [5, 5.41) is 3.35. The molecule has 0 aliphatic carbocycles. The second-order valence-electron chi connectivity index (χ2n) is 6.58. The Labute approximate surface area is 158 Å². The molecule has 0 saturated carbocycles. The number of hydrogen-bond acceptors (Lipinski definition) is 5. The molecule has 3 heterocycles. The molecule has 3 rings (SSSR count). The van der Waals surface area contributed by atoms with Crippen LogP contribution in [0, 0.1) is 5.92 Å². The van der Waals surface area contributed by atoms with Crippen molar-refractivity contribution in [2.75, 3.05) is 25.5 Å². The SMILES string of the molecule is C=CC(=O)N1CC(C(CC)Nc2cc(-c3cc(OC)ccn3)c[nH]c2=O)C1. The number of pyridine rings is 2. The Morgan fingerprint density at radius 2 is 2.30 bits per heavy atom. The van der Waals surface area contributed by atoms with E-state index in [4.69, 9.17) is 4.74 Å². The van der Waals surface area contributed by atoms with Gasteiger partial charge in [0, 0.05) is 49.1 Å². The summed E-state index contributed by atoms with van der Waals surface area (Å²) >= 11 is 0. The molecule has 1 aliphatic heterocycles. The second-order valence-corrected chi connectivity index (χ2v) is 6.58. The summed E-state index contributed by atoms with van der Waals surface area (Å²) in [5.41, 5.74) is 1.83. The summed E-state index contributed by atoms with van der Waals surface area (Å²) in [6.07, 6.45) is 5.49. The molecule has 1 saturated heterocycles. The predicted octanol–water partition coefficient (Wildman–Crippen LogP) is 2.28. The molecule has 7 heteroatoms. The van der Waals surface area contributed by atoms with Gasteiger partial charge in [-0.3, -0.25) is 14.6 Å². The standard InChI is InChI=1S/C20H24N4O3/c1-4-16(14-11-24(12-14)19(25)5-2)23-18-8-13(10-22-20(18)26)17-9-15(27-3)6-7-21-17/h5-10,14,16,23H,2,4,11-12H2,1,3H3,(H,22,26). The van der Waals surface area contributed by atoms with Gasteiger partial charge in [0.1, 0.15) is 11.4 Å². The molecule has 1 amide bonds. The third kappa shape index (κ3) is 4.02.